The van der Waals surface area contributed by atoms with Gasteiger partial charge in [-0.3, -0.25) is 14.1 Å². The van der Waals surface area contributed by atoms with Gasteiger partial charge in [-0.25, -0.2) is 17.8 Å². The lowest BCUT2D eigenvalue weighted by atomic mass is 10.2. The molecule has 1 N–H and O–H groups in total. The summed E-state index contributed by atoms with van der Waals surface area (Å²) in [6.45, 7) is 1.28. The molecule has 4 rings (SSSR count). The number of benzene rings is 2. The van der Waals surface area contributed by atoms with Gasteiger partial charge in [-0.05, 0) is 43.3 Å². The number of pyridine rings is 1. The molecule has 0 saturated heterocycles. The molecule has 0 saturated carbocycles. The number of nitrogens with zero attached hydrogens (tertiary/aromatic N) is 3. The average Bonchev–Trinajstić information content (AvgIpc) is 3.16. The van der Waals surface area contributed by atoms with Crippen molar-refractivity contribution in [2.75, 3.05) is 16.2 Å². The number of aromatic nitrogens is 2. The van der Waals surface area contributed by atoms with Crippen LogP contribution in [0.3, 0.4) is 0 Å². The first-order valence-corrected chi connectivity index (χ1v) is 11.5. The van der Waals surface area contributed by atoms with Gasteiger partial charge in [-0.15, -0.1) is 11.3 Å². The van der Waals surface area contributed by atoms with Crippen molar-refractivity contribution in [1.82, 2.24) is 9.97 Å². The van der Waals surface area contributed by atoms with Crippen molar-refractivity contribution in [3.8, 4) is 0 Å². The maximum absolute atomic E-state index is 13.6. The van der Waals surface area contributed by atoms with E-state index in [0.717, 1.165) is 22.1 Å². The summed E-state index contributed by atoms with van der Waals surface area (Å²) in [6.07, 6.45) is 3.06. The molecule has 0 aliphatic carbocycles. The van der Waals surface area contributed by atoms with Gasteiger partial charge in [0.25, 0.3) is 10.0 Å². The van der Waals surface area contributed by atoms with E-state index in [2.05, 4.69) is 15.3 Å². The molecule has 2 heterocycles. The number of hydrogen-bond acceptors (Lipinski definition) is 6. The lowest BCUT2D eigenvalue weighted by molar-refractivity contribution is -0.114. The third kappa shape index (κ3) is 4.39. The van der Waals surface area contributed by atoms with Crippen LogP contribution in [-0.2, 0) is 14.8 Å². The van der Waals surface area contributed by atoms with Gasteiger partial charge >= 0.3 is 0 Å². The highest BCUT2D eigenvalue weighted by atomic mass is 32.2. The number of amides is 1. The van der Waals surface area contributed by atoms with Crippen LogP contribution >= 0.6 is 11.3 Å². The molecule has 1 amide bonds. The van der Waals surface area contributed by atoms with Crippen LogP contribution < -0.4 is 9.62 Å². The predicted octanol–water partition coefficient (Wildman–Crippen LogP) is 3.97. The Bertz CT molecular complexity index is 1350. The molecule has 0 atom stereocenters. The lowest BCUT2D eigenvalue weighted by Crippen LogP contribution is -2.38. The number of halogens is 1. The minimum Gasteiger partial charge on any atom is -0.300 e. The molecule has 0 aliphatic heterocycles. The zero-order valence-corrected chi connectivity index (χ0v) is 18.0. The van der Waals surface area contributed by atoms with Crippen LogP contribution in [0.5, 0.6) is 0 Å². The lowest BCUT2D eigenvalue weighted by Gasteiger charge is -2.24. The second-order valence-corrected chi connectivity index (χ2v) is 9.37. The van der Waals surface area contributed by atoms with Gasteiger partial charge in [0.05, 0.1) is 16.3 Å². The van der Waals surface area contributed by atoms with Crippen molar-refractivity contribution in [2.45, 2.75) is 11.8 Å². The highest BCUT2D eigenvalue weighted by Gasteiger charge is 2.29. The Morgan fingerprint density at radius 3 is 2.65 bits per heavy atom. The van der Waals surface area contributed by atoms with Crippen molar-refractivity contribution in [2.24, 2.45) is 0 Å². The zero-order chi connectivity index (χ0) is 22.0. The second kappa shape index (κ2) is 8.40. The Labute approximate surface area is 182 Å². The van der Waals surface area contributed by atoms with Crippen LogP contribution in [0.25, 0.3) is 10.8 Å². The molecule has 2 aromatic heterocycles. The third-order valence-electron chi connectivity index (χ3n) is 4.48. The van der Waals surface area contributed by atoms with E-state index in [1.165, 1.54) is 35.7 Å². The van der Waals surface area contributed by atoms with Gasteiger partial charge < -0.3 is 5.32 Å². The Morgan fingerprint density at radius 2 is 1.94 bits per heavy atom. The number of aryl methyl sites for hydroxylation is 1. The largest absolute Gasteiger partial charge is 0.300 e. The quantitative estimate of drug-likeness (QED) is 0.474. The standard InChI is InChI=1S/C21H17FN4O3S2/c1-14-13-30-21(24-14)25-20(27)12-26(17-7-5-16(22)6-8-17)31(28,29)19-4-2-3-15-11-23-10-9-18(15)19/h2-11,13H,12H2,1H3,(H,24,25,27). The summed E-state index contributed by atoms with van der Waals surface area (Å²) in [5.41, 5.74) is 0.908. The van der Waals surface area contributed by atoms with E-state index >= 15 is 0 Å². The number of hydrogen-bond donors (Lipinski definition) is 1. The topological polar surface area (TPSA) is 92.3 Å². The fourth-order valence-electron chi connectivity index (χ4n) is 3.06. The SMILES string of the molecule is Cc1csc(NC(=O)CN(c2ccc(F)cc2)S(=O)(=O)c2cccc3cnccc23)n1. The molecular formula is C21H17FN4O3S2. The van der Waals surface area contributed by atoms with Gasteiger partial charge in [0.15, 0.2) is 5.13 Å². The molecule has 0 fully saturated rings. The molecule has 31 heavy (non-hydrogen) atoms. The molecule has 0 bridgehead atoms. The average molecular weight is 457 g/mol. The maximum Gasteiger partial charge on any atom is 0.265 e. The maximum atomic E-state index is 13.6. The van der Waals surface area contributed by atoms with Crippen LogP contribution in [0.1, 0.15) is 5.69 Å². The second-order valence-electron chi connectivity index (χ2n) is 6.68. The van der Waals surface area contributed by atoms with Crippen LogP contribution in [0.15, 0.2) is 71.2 Å². The Morgan fingerprint density at radius 1 is 1.16 bits per heavy atom. The highest BCUT2D eigenvalue weighted by Crippen LogP contribution is 2.29. The number of thiazole rings is 1. The molecule has 10 heteroatoms. The monoisotopic (exact) mass is 456 g/mol. The van der Waals surface area contributed by atoms with E-state index in [9.17, 15) is 17.6 Å². The first-order chi connectivity index (χ1) is 14.8. The van der Waals surface area contributed by atoms with Gasteiger partial charge in [0, 0.05) is 28.5 Å². The summed E-state index contributed by atoms with van der Waals surface area (Å²) in [5.74, 6) is -1.08. The van der Waals surface area contributed by atoms with E-state index in [4.69, 9.17) is 0 Å². The highest BCUT2D eigenvalue weighted by molar-refractivity contribution is 7.93. The van der Waals surface area contributed by atoms with Crippen LogP contribution in [0.4, 0.5) is 15.2 Å². The smallest absolute Gasteiger partial charge is 0.265 e. The third-order valence-corrected chi connectivity index (χ3v) is 7.18. The van der Waals surface area contributed by atoms with E-state index in [1.807, 2.05) is 0 Å². The van der Waals surface area contributed by atoms with Crippen molar-refractivity contribution in [3.63, 3.8) is 0 Å². The number of carbonyl (C=O) groups is 1. The zero-order valence-electron chi connectivity index (χ0n) is 16.3. The minimum absolute atomic E-state index is 0.0228. The molecule has 2 aromatic carbocycles. The molecule has 0 spiro atoms. The Balaban J connectivity index is 1.76. The first kappa shape index (κ1) is 20.9. The fourth-order valence-corrected chi connectivity index (χ4v) is 5.40. The van der Waals surface area contributed by atoms with Crippen molar-refractivity contribution in [3.05, 3.63) is 77.8 Å². The number of nitrogens with one attached hydrogen (secondary N) is 1. The number of carbonyl (C=O) groups excluding carboxylic acids is 1. The fraction of sp³-hybridized carbons (Fsp3) is 0.0952. The number of anilines is 2. The number of fused-ring (bicyclic) bond motifs is 1. The van der Waals surface area contributed by atoms with Crippen LogP contribution in [0, 0.1) is 12.7 Å². The van der Waals surface area contributed by atoms with Gasteiger partial charge in [0.1, 0.15) is 12.4 Å². The molecule has 0 unspecified atom stereocenters. The molecule has 158 valence electrons. The van der Waals surface area contributed by atoms with Gasteiger partial charge in [-0.2, -0.15) is 0 Å². The molecular weight excluding hydrogens is 439 g/mol. The van der Waals surface area contributed by atoms with Gasteiger partial charge in [0.2, 0.25) is 5.91 Å². The molecule has 4 aromatic rings. The van der Waals surface area contributed by atoms with Crippen molar-refractivity contribution < 1.29 is 17.6 Å². The molecule has 0 radical (unpaired) electrons. The number of sulfonamides is 1. The van der Waals surface area contributed by atoms with E-state index in [0.29, 0.717) is 15.9 Å². The molecule has 0 aliphatic rings. The van der Waals surface area contributed by atoms with E-state index in [-0.39, 0.29) is 10.6 Å². The first-order valence-electron chi connectivity index (χ1n) is 9.17. The summed E-state index contributed by atoms with van der Waals surface area (Å²) >= 11 is 1.24. The van der Waals surface area contributed by atoms with Crippen molar-refractivity contribution in [1.29, 1.82) is 0 Å². The van der Waals surface area contributed by atoms with Crippen molar-refractivity contribution >= 4 is 48.9 Å². The Hall–Kier alpha value is -3.37. The number of rotatable bonds is 6. The molecule has 7 nitrogen and oxygen atoms in total. The summed E-state index contributed by atoms with van der Waals surface area (Å²) in [4.78, 5) is 20.9. The minimum atomic E-state index is -4.17. The normalized spacial score (nSPS) is 11.4. The van der Waals surface area contributed by atoms with E-state index in [1.54, 1.807) is 36.7 Å². The summed E-state index contributed by atoms with van der Waals surface area (Å²) in [6, 6.07) is 11.4. The van der Waals surface area contributed by atoms with Crippen LogP contribution in [-0.4, -0.2) is 30.8 Å². The van der Waals surface area contributed by atoms with Gasteiger partial charge in [-0.1, -0.05) is 12.1 Å². The summed E-state index contributed by atoms with van der Waals surface area (Å²) < 4.78 is 41.7. The predicted molar refractivity (Wildman–Crippen MR) is 118 cm³/mol. The summed E-state index contributed by atoms with van der Waals surface area (Å²) in [5, 5.41) is 5.87. The van der Waals surface area contributed by atoms with E-state index < -0.39 is 28.3 Å². The Kier molecular flexibility index (Phi) is 5.66. The summed E-state index contributed by atoms with van der Waals surface area (Å²) in [7, 11) is -4.17. The van der Waals surface area contributed by atoms with Crippen LogP contribution in [0.2, 0.25) is 0 Å².